The molecule has 0 N–H and O–H groups in total. The third kappa shape index (κ3) is 4.26. The summed E-state index contributed by atoms with van der Waals surface area (Å²) in [5, 5.41) is 0. The van der Waals surface area contributed by atoms with E-state index in [9.17, 15) is 4.39 Å². The zero-order valence-corrected chi connectivity index (χ0v) is 15.0. The fraction of sp³-hybridized carbons (Fsp3) is 0.478. The molecule has 128 valence electrons. The van der Waals surface area contributed by atoms with Crippen molar-refractivity contribution in [2.45, 2.75) is 52.4 Å². The molecule has 0 aromatic heterocycles. The van der Waals surface area contributed by atoms with Gasteiger partial charge in [-0.15, -0.1) is 0 Å². The first-order chi connectivity index (χ1) is 11.7. The van der Waals surface area contributed by atoms with E-state index in [1.807, 2.05) is 12.1 Å². The number of hydrogen-bond donors (Lipinski definition) is 0. The highest BCUT2D eigenvalue weighted by Crippen LogP contribution is 2.36. The second-order valence-electron chi connectivity index (χ2n) is 7.57. The van der Waals surface area contributed by atoms with Gasteiger partial charge in [0.25, 0.3) is 0 Å². The van der Waals surface area contributed by atoms with E-state index in [2.05, 4.69) is 38.1 Å². The lowest BCUT2D eigenvalue weighted by Gasteiger charge is -2.32. The van der Waals surface area contributed by atoms with Crippen LogP contribution in [-0.2, 0) is 6.42 Å². The van der Waals surface area contributed by atoms with E-state index in [0.29, 0.717) is 0 Å². The minimum absolute atomic E-state index is 0.179. The molecular formula is C23H29F. The Bertz CT molecular complexity index is 618. The van der Waals surface area contributed by atoms with Crippen LogP contribution in [0.5, 0.6) is 0 Å². The average molecular weight is 324 g/mol. The van der Waals surface area contributed by atoms with E-state index in [1.54, 1.807) is 0 Å². The molecule has 1 aliphatic rings. The summed E-state index contributed by atoms with van der Waals surface area (Å²) in [6.07, 6.45) is 8.20. The van der Waals surface area contributed by atoms with E-state index in [1.165, 1.54) is 56.2 Å². The van der Waals surface area contributed by atoms with E-state index >= 15 is 0 Å². The van der Waals surface area contributed by atoms with E-state index in [4.69, 9.17) is 0 Å². The number of hydrogen-bond acceptors (Lipinski definition) is 0. The van der Waals surface area contributed by atoms with Crippen LogP contribution in [0.15, 0.2) is 48.5 Å². The first kappa shape index (κ1) is 17.2. The monoisotopic (exact) mass is 324 g/mol. The summed E-state index contributed by atoms with van der Waals surface area (Å²) in [5.74, 6) is 2.45. The topological polar surface area (TPSA) is 0 Å². The van der Waals surface area contributed by atoms with Gasteiger partial charge in [0.05, 0.1) is 0 Å². The molecule has 1 heteroatoms. The second kappa shape index (κ2) is 7.96. The van der Waals surface area contributed by atoms with Gasteiger partial charge in [0.15, 0.2) is 0 Å². The smallest absolute Gasteiger partial charge is 0.123 e. The Morgan fingerprint density at radius 2 is 1.42 bits per heavy atom. The van der Waals surface area contributed by atoms with Crippen molar-refractivity contribution in [2.24, 2.45) is 17.8 Å². The number of rotatable bonds is 5. The largest absolute Gasteiger partial charge is 0.207 e. The summed E-state index contributed by atoms with van der Waals surface area (Å²) in [4.78, 5) is 0. The summed E-state index contributed by atoms with van der Waals surface area (Å²) >= 11 is 0. The summed E-state index contributed by atoms with van der Waals surface area (Å²) < 4.78 is 13.0. The van der Waals surface area contributed by atoms with Crippen LogP contribution in [0, 0.1) is 23.6 Å². The lowest BCUT2D eigenvalue weighted by molar-refractivity contribution is 0.210. The fourth-order valence-electron chi connectivity index (χ4n) is 4.18. The molecule has 24 heavy (non-hydrogen) atoms. The highest BCUT2D eigenvalue weighted by molar-refractivity contribution is 5.63. The predicted molar refractivity (Wildman–Crippen MR) is 100 cm³/mol. The Kier molecular flexibility index (Phi) is 5.71. The summed E-state index contributed by atoms with van der Waals surface area (Å²) in [6.45, 7) is 4.75. The molecule has 0 aliphatic heterocycles. The lowest BCUT2D eigenvalue weighted by atomic mass is 9.74. The lowest BCUT2D eigenvalue weighted by Crippen LogP contribution is -2.21. The minimum atomic E-state index is -0.179. The highest BCUT2D eigenvalue weighted by atomic mass is 19.1. The third-order valence-corrected chi connectivity index (χ3v) is 5.96. The molecule has 1 unspecified atom stereocenters. The van der Waals surface area contributed by atoms with Crippen LogP contribution in [0.3, 0.4) is 0 Å². The van der Waals surface area contributed by atoms with Crippen molar-refractivity contribution in [1.82, 2.24) is 0 Å². The molecule has 0 nitrogen and oxygen atoms in total. The van der Waals surface area contributed by atoms with Crippen LogP contribution in [0.25, 0.3) is 11.1 Å². The van der Waals surface area contributed by atoms with Crippen molar-refractivity contribution in [3.05, 3.63) is 59.9 Å². The van der Waals surface area contributed by atoms with Gasteiger partial charge in [0, 0.05) is 0 Å². The maximum atomic E-state index is 13.0. The van der Waals surface area contributed by atoms with Crippen molar-refractivity contribution in [3.8, 4) is 11.1 Å². The molecule has 0 bridgehead atoms. The SMILES string of the molecule is CCC1CCC(C(C)Cc2ccc(-c3ccc(F)cc3)cc2)CC1. The molecule has 0 amide bonds. The summed E-state index contributed by atoms with van der Waals surface area (Å²) in [6, 6.07) is 15.6. The van der Waals surface area contributed by atoms with Crippen LogP contribution in [0.4, 0.5) is 4.39 Å². The predicted octanol–water partition coefficient (Wildman–Crippen LogP) is 6.89. The summed E-state index contributed by atoms with van der Waals surface area (Å²) in [5.41, 5.74) is 3.66. The molecule has 1 fully saturated rings. The van der Waals surface area contributed by atoms with Crippen LogP contribution in [0.2, 0.25) is 0 Å². The quantitative estimate of drug-likeness (QED) is 0.562. The van der Waals surface area contributed by atoms with Gasteiger partial charge in [-0.2, -0.15) is 0 Å². The Morgan fingerprint density at radius 3 is 1.96 bits per heavy atom. The molecule has 0 radical (unpaired) electrons. The number of benzene rings is 2. The van der Waals surface area contributed by atoms with Gasteiger partial charge in [-0.25, -0.2) is 4.39 Å². The molecule has 0 heterocycles. The Morgan fingerprint density at radius 1 is 0.875 bits per heavy atom. The first-order valence-corrected chi connectivity index (χ1v) is 9.50. The van der Waals surface area contributed by atoms with E-state index in [0.717, 1.165) is 28.9 Å². The van der Waals surface area contributed by atoms with Gasteiger partial charge < -0.3 is 0 Å². The van der Waals surface area contributed by atoms with Crippen LogP contribution < -0.4 is 0 Å². The Balaban J connectivity index is 1.59. The van der Waals surface area contributed by atoms with Crippen molar-refractivity contribution in [1.29, 1.82) is 0 Å². The summed E-state index contributed by atoms with van der Waals surface area (Å²) in [7, 11) is 0. The van der Waals surface area contributed by atoms with Gasteiger partial charge in [-0.1, -0.05) is 69.5 Å². The minimum Gasteiger partial charge on any atom is -0.207 e. The molecule has 2 aromatic carbocycles. The zero-order valence-electron chi connectivity index (χ0n) is 15.0. The molecule has 1 aliphatic carbocycles. The van der Waals surface area contributed by atoms with Crippen LogP contribution >= 0.6 is 0 Å². The molecule has 3 rings (SSSR count). The third-order valence-electron chi connectivity index (χ3n) is 5.96. The van der Waals surface area contributed by atoms with Crippen molar-refractivity contribution >= 4 is 0 Å². The molecular weight excluding hydrogens is 295 g/mol. The van der Waals surface area contributed by atoms with Gasteiger partial charge in [0.1, 0.15) is 5.82 Å². The molecule has 1 atom stereocenters. The maximum Gasteiger partial charge on any atom is 0.123 e. The molecule has 0 saturated heterocycles. The molecule has 1 saturated carbocycles. The van der Waals surface area contributed by atoms with Gasteiger partial charge >= 0.3 is 0 Å². The second-order valence-corrected chi connectivity index (χ2v) is 7.57. The molecule has 2 aromatic rings. The Labute approximate surface area is 146 Å². The van der Waals surface area contributed by atoms with E-state index < -0.39 is 0 Å². The standard InChI is InChI=1S/C23H29F/c1-3-18-4-8-20(9-5-18)17(2)16-19-6-10-21(11-7-19)22-12-14-23(24)15-13-22/h6-7,10-15,17-18,20H,3-5,8-9,16H2,1-2H3. The first-order valence-electron chi connectivity index (χ1n) is 9.50. The van der Waals surface area contributed by atoms with E-state index in [-0.39, 0.29) is 5.82 Å². The van der Waals surface area contributed by atoms with Gasteiger partial charge in [0.2, 0.25) is 0 Å². The zero-order chi connectivity index (χ0) is 16.9. The van der Waals surface area contributed by atoms with Gasteiger partial charge in [-0.3, -0.25) is 0 Å². The van der Waals surface area contributed by atoms with Crippen molar-refractivity contribution in [2.75, 3.05) is 0 Å². The van der Waals surface area contributed by atoms with Crippen molar-refractivity contribution < 1.29 is 4.39 Å². The normalized spacial score (nSPS) is 22.3. The maximum absolute atomic E-state index is 13.0. The van der Waals surface area contributed by atoms with Crippen LogP contribution in [0.1, 0.15) is 51.5 Å². The van der Waals surface area contributed by atoms with Crippen LogP contribution in [-0.4, -0.2) is 0 Å². The van der Waals surface area contributed by atoms with Gasteiger partial charge in [-0.05, 0) is 65.8 Å². The average Bonchev–Trinajstić information content (AvgIpc) is 2.63. The molecule has 0 spiro atoms. The fourth-order valence-corrected chi connectivity index (χ4v) is 4.18. The number of halogens is 1. The highest BCUT2D eigenvalue weighted by Gasteiger charge is 2.24. The Hall–Kier alpha value is -1.63. The van der Waals surface area contributed by atoms with Crippen molar-refractivity contribution in [3.63, 3.8) is 0 Å².